The van der Waals surface area contributed by atoms with Gasteiger partial charge in [-0.2, -0.15) is 0 Å². The van der Waals surface area contributed by atoms with Crippen LogP contribution in [0.4, 0.5) is 15.8 Å². The van der Waals surface area contributed by atoms with E-state index in [0.29, 0.717) is 0 Å². The first-order chi connectivity index (χ1) is 7.91. The molecule has 0 amide bonds. The molecule has 2 N–H and O–H groups in total. The Balaban J connectivity index is 2.92. The summed E-state index contributed by atoms with van der Waals surface area (Å²) in [6.07, 6.45) is 0. The topological polar surface area (TPSA) is 102 Å². The lowest BCUT2D eigenvalue weighted by molar-refractivity contribution is -0.384. The van der Waals surface area contributed by atoms with Crippen molar-refractivity contribution in [2.45, 2.75) is 0 Å². The van der Waals surface area contributed by atoms with Crippen LogP contribution < -0.4 is 5.48 Å². The minimum atomic E-state index is -1.26. The number of benzene rings is 1. The number of anilines is 1. The molecule has 1 rings (SSSR count). The van der Waals surface area contributed by atoms with Gasteiger partial charge in [-0.3, -0.25) is 20.4 Å². The van der Waals surface area contributed by atoms with Crippen molar-refractivity contribution >= 4 is 39.9 Å². The number of aliphatic carboxylic acids is 1. The van der Waals surface area contributed by atoms with E-state index in [4.69, 9.17) is 5.11 Å². The average Bonchev–Trinajstić information content (AvgIpc) is 2.22. The zero-order valence-electron chi connectivity index (χ0n) is 8.15. The maximum Gasteiger partial charge on any atom is 0.332 e. The fourth-order valence-electron chi connectivity index (χ4n) is 0.945. The first-order valence-electron chi connectivity index (χ1n) is 4.15. The molecule has 0 atom stereocenters. The minimum Gasteiger partial charge on any atom is -0.479 e. The molecule has 0 radical (unpaired) electrons. The number of nitro benzene ring substituents is 1. The summed E-state index contributed by atoms with van der Waals surface area (Å²) in [6.45, 7) is -0.704. The Morgan fingerprint density at radius 3 is 2.82 bits per heavy atom. The van der Waals surface area contributed by atoms with Gasteiger partial charge in [0, 0.05) is 12.1 Å². The normalized spacial score (nSPS) is 10.0. The van der Waals surface area contributed by atoms with Crippen molar-refractivity contribution in [2.24, 2.45) is 0 Å². The van der Waals surface area contributed by atoms with Crippen LogP contribution in [0.2, 0.25) is 0 Å². The molecule has 0 aliphatic carbocycles. The van der Waals surface area contributed by atoms with E-state index in [9.17, 15) is 19.3 Å². The zero-order valence-corrected chi connectivity index (χ0v) is 10.3. The molecule has 9 heteroatoms. The summed E-state index contributed by atoms with van der Waals surface area (Å²) in [7, 11) is 0. The van der Waals surface area contributed by atoms with Gasteiger partial charge in [0.05, 0.1) is 8.49 Å². The van der Waals surface area contributed by atoms with Gasteiger partial charge in [0.25, 0.3) is 5.69 Å². The predicted molar refractivity (Wildman–Crippen MR) is 63.0 cm³/mol. The molecular formula is C8H6FIN2O5. The van der Waals surface area contributed by atoms with E-state index in [2.05, 4.69) is 4.84 Å². The second kappa shape index (κ2) is 5.72. The van der Waals surface area contributed by atoms with Crippen LogP contribution in [-0.2, 0) is 9.63 Å². The summed E-state index contributed by atoms with van der Waals surface area (Å²) in [4.78, 5) is 24.5. The van der Waals surface area contributed by atoms with Crippen molar-refractivity contribution in [3.8, 4) is 0 Å². The second-order valence-electron chi connectivity index (χ2n) is 2.83. The van der Waals surface area contributed by atoms with Gasteiger partial charge >= 0.3 is 5.97 Å². The fraction of sp³-hybridized carbons (Fsp3) is 0.125. The number of carboxylic acid groups (broad SMARTS) is 1. The maximum atomic E-state index is 13.2. The summed E-state index contributed by atoms with van der Waals surface area (Å²) in [6, 6.07) is 1.88. The Kier molecular flexibility index (Phi) is 4.57. The van der Waals surface area contributed by atoms with Crippen molar-refractivity contribution in [3.63, 3.8) is 0 Å². The SMILES string of the molecule is O=C(O)CONc1cc(F)c(I)cc1[N+](=O)[O-]. The van der Waals surface area contributed by atoms with E-state index in [1.807, 2.05) is 5.48 Å². The second-order valence-corrected chi connectivity index (χ2v) is 3.99. The Morgan fingerprint density at radius 2 is 2.29 bits per heavy atom. The van der Waals surface area contributed by atoms with Gasteiger partial charge in [0.2, 0.25) is 0 Å². The summed E-state index contributed by atoms with van der Waals surface area (Å²) in [5.41, 5.74) is 1.38. The highest BCUT2D eigenvalue weighted by Gasteiger charge is 2.17. The number of nitro groups is 1. The molecule has 0 aliphatic heterocycles. The van der Waals surface area contributed by atoms with Gasteiger partial charge in [0.15, 0.2) is 6.61 Å². The lowest BCUT2D eigenvalue weighted by Crippen LogP contribution is -2.12. The first kappa shape index (κ1) is 13.6. The van der Waals surface area contributed by atoms with Crippen LogP contribution in [0.5, 0.6) is 0 Å². The van der Waals surface area contributed by atoms with E-state index in [1.165, 1.54) is 0 Å². The van der Waals surface area contributed by atoms with Crippen molar-refractivity contribution in [1.82, 2.24) is 0 Å². The number of carbonyl (C=O) groups is 1. The molecule has 0 fully saturated rings. The van der Waals surface area contributed by atoms with Gasteiger partial charge in [-0.1, -0.05) is 0 Å². The van der Waals surface area contributed by atoms with Crippen LogP contribution in [-0.4, -0.2) is 22.6 Å². The molecule has 1 aromatic carbocycles. The van der Waals surface area contributed by atoms with E-state index in [1.54, 1.807) is 22.6 Å². The molecule has 0 aliphatic rings. The molecule has 0 spiro atoms. The number of halogens is 2. The third-order valence-corrected chi connectivity index (χ3v) is 2.44. The predicted octanol–water partition coefficient (Wildman–Crippen LogP) is 1.77. The van der Waals surface area contributed by atoms with Crippen LogP contribution in [0.3, 0.4) is 0 Å². The quantitative estimate of drug-likeness (QED) is 0.474. The molecule has 0 heterocycles. The molecule has 1 aromatic rings. The Hall–Kier alpha value is -1.49. The van der Waals surface area contributed by atoms with Crippen molar-refractivity contribution in [1.29, 1.82) is 0 Å². The molecule has 92 valence electrons. The van der Waals surface area contributed by atoms with E-state index < -0.39 is 29.0 Å². The highest BCUT2D eigenvalue weighted by Crippen LogP contribution is 2.28. The minimum absolute atomic E-state index is 0.0816. The van der Waals surface area contributed by atoms with E-state index in [-0.39, 0.29) is 9.26 Å². The number of nitrogens with one attached hydrogen (secondary N) is 1. The summed E-state index contributed by atoms with van der Waals surface area (Å²) >= 11 is 1.61. The molecule has 0 saturated heterocycles. The summed E-state index contributed by atoms with van der Waals surface area (Å²) in [5.74, 6) is -1.93. The molecular weight excluding hydrogens is 350 g/mol. The number of rotatable bonds is 5. The monoisotopic (exact) mass is 356 g/mol. The smallest absolute Gasteiger partial charge is 0.332 e. The van der Waals surface area contributed by atoms with Crippen LogP contribution >= 0.6 is 22.6 Å². The summed E-state index contributed by atoms with van der Waals surface area (Å²) < 4.78 is 13.2. The van der Waals surface area contributed by atoms with Crippen LogP contribution in [0.1, 0.15) is 0 Å². The van der Waals surface area contributed by atoms with Gasteiger partial charge in [-0.25, -0.2) is 9.18 Å². The highest BCUT2D eigenvalue weighted by atomic mass is 127. The third-order valence-electron chi connectivity index (χ3n) is 1.61. The Morgan fingerprint density at radius 1 is 1.65 bits per heavy atom. The molecule has 0 aromatic heterocycles. The molecule has 7 nitrogen and oxygen atoms in total. The van der Waals surface area contributed by atoms with Gasteiger partial charge < -0.3 is 5.11 Å². The highest BCUT2D eigenvalue weighted by molar-refractivity contribution is 14.1. The average molecular weight is 356 g/mol. The summed E-state index contributed by atoms with van der Waals surface area (Å²) in [5, 5.41) is 18.9. The van der Waals surface area contributed by atoms with Crippen molar-refractivity contribution in [2.75, 3.05) is 12.1 Å². The van der Waals surface area contributed by atoms with E-state index in [0.717, 1.165) is 12.1 Å². The number of hydrogen-bond acceptors (Lipinski definition) is 5. The van der Waals surface area contributed by atoms with Gasteiger partial charge in [-0.15, -0.1) is 0 Å². The Bertz CT molecular complexity index is 467. The van der Waals surface area contributed by atoms with Crippen LogP contribution in [0, 0.1) is 19.5 Å². The fourth-order valence-corrected chi connectivity index (χ4v) is 1.40. The van der Waals surface area contributed by atoms with Gasteiger partial charge in [-0.05, 0) is 22.6 Å². The maximum absolute atomic E-state index is 13.2. The first-order valence-corrected chi connectivity index (χ1v) is 5.22. The van der Waals surface area contributed by atoms with E-state index >= 15 is 0 Å². The van der Waals surface area contributed by atoms with Crippen LogP contribution in [0.25, 0.3) is 0 Å². The molecule has 17 heavy (non-hydrogen) atoms. The zero-order chi connectivity index (χ0) is 13.0. The number of hydrogen-bond donors (Lipinski definition) is 2. The van der Waals surface area contributed by atoms with Crippen LogP contribution in [0.15, 0.2) is 12.1 Å². The molecule has 0 saturated carbocycles. The third kappa shape index (κ3) is 3.78. The largest absolute Gasteiger partial charge is 0.479 e. The molecule has 0 unspecified atom stereocenters. The van der Waals surface area contributed by atoms with Gasteiger partial charge in [0.1, 0.15) is 11.5 Å². The lowest BCUT2D eigenvalue weighted by Gasteiger charge is -2.06. The van der Waals surface area contributed by atoms with Crippen molar-refractivity contribution < 1.29 is 24.1 Å². The molecule has 0 bridgehead atoms. The number of carboxylic acids is 1. The lowest BCUT2D eigenvalue weighted by atomic mass is 10.3. The number of nitrogens with zero attached hydrogens (tertiary/aromatic N) is 1. The standard InChI is InChI=1S/C8H6FIN2O5/c9-4-1-6(11-17-3-8(13)14)7(12(15)16)2-5(4)10/h1-2,11H,3H2,(H,13,14). The Labute approximate surface area is 108 Å². The van der Waals surface area contributed by atoms with Crippen molar-refractivity contribution in [3.05, 3.63) is 31.6 Å².